The Morgan fingerprint density at radius 3 is 2.45 bits per heavy atom. The van der Waals surface area contributed by atoms with Crippen molar-refractivity contribution in [2.45, 2.75) is 46.0 Å². The third-order valence-corrected chi connectivity index (χ3v) is 3.96. The fourth-order valence-electron chi connectivity index (χ4n) is 2.77. The lowest BCUT2D eigenvalue weighted by Crippen LogP contribution is -2.15. The highest BCUT2D eigenvalue weighted by molar-refractivity contribution is 5.88. The Morgan fingerprint density at radius 1 is 0.850 bits per heavy atom. The van der Waals surface area contributed by atoms with Crippen LogP contribution in [-0.2, 0) is 6.42 Å². The lowest BCUT2D eigenvalue weighted by Gasteiger charge is -2.09. The zero-order valence-corrected chi connectivity index (χ0v) is 12.9. The Kier molecular flexibility index (Phi) is 6.07. The minimum absolute atomic E-state index is 1.16. The van der Waals surface area contributed by atoms with Crippen molar-refractivity contribution >= 4 is 10.8 Å². The van der Waals surface area contributed by atoms with Crippen molar-refractivity contribution in [3.8, 4) is 0 Å². The molecule has 0 spiro atoms. The van der Waals surface area contributed by atoms with Crippen LogP contribution in [0.4, 0.5) is 0 Å². The highest BCUT2D eigenvalue weighted by Crippen LogP contribution is 2.23. The van der Waals surface area contributed by atoms with Crippen LogP contribution >= 0.6 is 0 Å². The van der Waals surface area contributed by atoms with Gasteiger partial charge in [0.05, 0.1) is 0 Å². The molecule has 0 unspecified atom stereocenters. The van der Waals surface area contributed by atoms with E-state index in [2.05, 4.69) is 55.6 Å². The van der Waals surface area contributed by atoms with Crippen molar-refractivity contribution < 1.29 is 0 Å². The van der Waals surface area contributed by atoms with E-state index >= 15 is 0 Å². The standard InChI is InChI=1S/C19H27N/c1-3-14-20-15-8-4-5-9-17-13-12-16(2)18-10-6-7-11-19(17)18/h6-7,10-13,20H,3-5,8-9,14-15H2,1-2H3. The monoisotopic (exact) mass is 269 g/mol. The average Bonchev–Trinajstić information content (AvgIpc) is 2.49. The van der Waals surface area contributed by atoms with E-state index in [1.54, 1.807) is 0 Å². The summed E-state index contributed by atoms with van der Waals surface area (Å²) in [4.78, 5) is 0. The van der Waals surface area contributed by atoms with Gasteiger partial charge in [0.25, 0.3) is 0 Å². The van der Waals surface area contributed by atoms with Crippen molar-refractivity contribution in [3.05, 3.63) is 47.5 Å². The number of aryl methyl sites for hydroxylation is 2. The SMILES string of the molecule is CCCNCCCCCc1ccc(C)c2ccccc12. The smallest absolute Gasteiger partial charge is 0.00489 e. The lowest BCUT2D eigenvalue weighted by molar-refractivity contribution is 0.599. The molecular formula is C19H27N. The van der Waals surface area contributed by atoms with E-state index in [-0.39, 0.29) is 0 Å². The fourth-order valence-corrected chi connectivity index (χ4v) is 2.77. The number of fused-ring (bicyclic) bond motifs is 1. The van der Waals surface area contributed by atoms with Crippen LogP contribution in [0.25, 0.3) is 10.8 Å². The van der Waals surface area contributed by atoms with E-state index in [4.69, 9.17) is 0 Å². The molecular weight excluding hydrogens is 242 g/mol. The van der Waals surface area contributed by atoms with Gasteiger partial charge in [0.15, 0.2) is 0 Å². The van der Waals surface area contributed by atoms with Gasteiger partial charge >= 0.3 is 0 Å². The summed E-state index contributed by atoms with van der Waals surface area (Å²) in [6.07, 6.45) is 6.34. The van der Waals surface area contributed by atoms with Crippen LogP contribution < -0.4 is 5.32 Å². The van der Waals surface area contributed by atoms with Gasteiger partial charge in [0, 0.05) is 0 Å². The van der Waals surface area contributed by atoms with Crippen molar-refractivity contribution in [2.75, 3.05) is 13.1 Å². The highest BCUT2D eigenvalue weighted by Gasteiger charge is 2.02. The zero-order valence-electron chi connectivity index (χ0n) is 12.9. The summed E-state index contributed by atoms with van der Waals surface area (Å²) in [6.45, 7) is 6.74. The van der Waals surface area contributed by atoms with Crippen LogP contribution in [0, 0.1) is 6.92 Å². The summed E-state index contributed by atoms with van der Waals surface area (Å²) in [5.41, 5.74) is 2.89. The first-order valence-electron chi connectivity index (χ1n) is 8.01. The Labute approximate surface area is 123 Å². The number of hydrogen-bond acceptors (Lipinski definition) is 1. The number of unbranched alkanes of at least 4 members (excludes halogenated alkanes) is 2. The van der Waals surface area contributed by atoms with Gasteiger partial charge in [-0.15, -0.1) is 0 Å². The Hall–Kier alpha value is -1.34. The van der Waals surface area contributed by atoms with Gasteiger partial charge in [-0.3, -0.25) is 0 Å². The first kappa shape index (κ1) is 15.1. The molecule has 1 nitrogen and oxygen atoms in total. The minimum atomic E-state index is 1.16. The van der Waals surface area contributed by atoms with Crippen LogP contribution in [0.3, 0.4) is 0 Å². The molecule has 0 heterocycles. The topological polar surface area (TPSA) is 12.0 Å². The van der Waals surface area contributed by atoms with Crippen LogP contribution in [0.5, 0.6) is 0 Å². The van der Waals surface area contributed by atoms with Gasteiger partial charge in [-0.25, -0.2) is 0 Å². The quantitative estimate of drug-likeness (QED) is 0.675. The van der Waals surface area contributed by atoms with Crippen LogP contribution in [0.2, 0.25) is 0 Å². The minimum Gasteiger partial charge on any atom is -0.317 e. The molecule has 1 N–H and O–H groups in total. The third-order valence-electron chi connectivity index (χ3n) is 3.96. The Balaban J connectivity index is 1.86. The molecule has 0 radical (unpaired) electrons. The van der Waals surface area contributed by atoms with Gasteiger partial charge in [-0.1, -0.05) is 49.7 Å². The molecule has 20 heavy (non-hydrogen) atoms. The van der Waals surface area contributed by atoms with Crippen LogP contribution in [0.1, 0.15) is 43.7 Å². The molecule has 0 aliphatic carbocycles. The molecule has 0 saturated heterocycles. The summed E-state index contributed by atoms with van der Waals surface area (Å²) >= 11 is 0. The van der Waals surface area contributed by atoms with E-state index < -0.39 is 0 Å². The molecule has 108 valence electrons. The van der Waals surface area contributed by atoms with Crippen molar-refractivity contribution in [1.82, 2.24) is 5.32 Å². The molecule has 0 bridgehead atoms. The predicted octanol–water partition coefficient (Wildman–Crippen LogP) is 4.86. The second-order valence-electron chi connectivity index (χ2n) is 5.65. The summed E-state index contributed by atoms with van der Waals surface area (Å²) in [5, 5.41) is 6.32. The molecule has 2 aromatic carbocycles. The third kappa shape index (κ3) is 4.08. The fraction of sp³-hybridized carbons (Fsp3) is 0.474. The first-order valence-corrected chi connectivity index (χ1v) is 8.01. The molecule has 0 fully saturated rings. The average molecular weight is 269 g/mol. The van der Waals surface area contributed by atoms with Gasteiger partial charge in [-0.05, 0) is 67.6 Å². The molecule has 2 aromatic rings. The molecule has 2 rings (SSSR count). The number of rotatable bonds is 8. The maximum absolute atomic E-state index is 3.47. The van der Waals surface area contributed by atoms with Crippen LogP contribution in [-0.4, -0.2) is 13.1 Å². The van der Waals surface area contributed by atoms with Crippen molar-refractivity contribution in [2.24, 2.45) is 0 Å². The number of hydrogen-bond donors (Lipinski definition) is 1. The van der Waals surface area contributed by atoms with Gasteiger partial charge in [0.1, 0.15) is 0 Å². The van der Waals surface area contributed by atoms with E-state index in [9.17, 15) is 0 Å². The Bertz CT molecular complexity index is 530. The van der Waals surface area contributed by atoms with Crippen molar-refractivity contribution in [1.29, 1.82) is 0 Å². The number of benzene rings is 2. The van der Waals surface area contributed by atoms with Gasteiger partial charge in [-0.2, -0.15) is 0 Å². The van der Waals surface area contributed by atoms with E-state index in [1.165, 1.54) is 60.5 Å². The molecule has 0 aromatic heterocycles. The molecule has 0 aliphatic heterocycles. The largest absolute Gasteiger partial charge is 0.317 e. The maximum atomic E-state index is 3.47. The van der Waals surface area contributed by atoms with Gasteiger partial charge < -0.3 is 5.32 Å². The molecule has 1 heteroatoms. The summed E-state index contributed by atoms with van der Waals surface area (Å²) in [7, 11) is 0. The van der Waals surface area contributed by atoms with Crippen molar-refractivity contribution in [3.63, 3.8) is 0 Å². The predicted molar refractivity (Wildman–Crippen MR) is 89.4 cm³/mol. The normalized spacial score (nSPS) is 11.1. The second kappa shape index (κ2) is 8.06. The second-order valence-corrected chi connectivity index (χ2v) is 5.65. The molecule has 0 atom stereocenters. The molecule has 0 amide bonds. The van der Waals surface area contributed by atoms with E-state index in [0.29, 0.717) is 0 Å². The summed E-state index contributed by atoms with van der Waals surface area (Å²) in [6, 6.07) is 13.4. The summed E-state index contributed by atoms with van der Waals surface area (Å²) in [5.74, 6) is 0. The lowest BCUT2D eigenvalue weighted by atomic mass is 9.97. The molecule has 0 aliphatic rings. The van der Waals surface area contributed by atoms with Crippen LogP contribution in [0.15, 0.2) is 36.4 Å². The molecule has 0 saturated carbocycles. The first-order chi connectivity index (χ1) is 9.83. The van der Waals surface area contributed by atoms with E-state index in [1.807, 2.05) is 0 Å². The zero-order chi connectivity index (χ0) is 14.2. The Morgan fingerprint density at radius 2 is 1.65 bits per heavy atom. The summed E-state index contributed by atoms with van der Waals surface area (Å²) < 4.78 is 0. The van der Waals surface area contributed by atoms with E-state index in [0.717, 1.165) is 6.54 Å². The highest BCUT2D eigenvalue weighted by atomic mass is 14.8. The number of nitrogens with one attached hydrogen (secondary N) is 1. The maximum Gasteiger partial charge on any atom is -0.00489 e. The van der Waals surface area contributed by atoms with Gasteiger partial charge in [0.2, 0.25) is 0 Å².